The van der Waals surface area contributed by atoms with E-state index in [0.29, 0.717) is 18.7 Å². The first-order valence-electron chi connectivity index (χ1n) is 13.2. The molecule has 0 aliphatic carbocycles. The molecule has 2 aromatic carbocycles. The van der Waals surface area contributed by atoms with Gasteiger partial charge in [-0.25, -0.2) is 18.0 Å². The van der Waals surface area contributed by atoms with E-state index in [1.165, 1.54) is 17.5 Å². The Kier molecular flexibility index (Phi) is 13.0. The summed E-state index contributed by atoms with van der Waals surface area (Å²) >= 11 is 0. The number of rotatable bonds is 16. The molecular formula is C28H42N4O6S. The van der Waals surface area contributed by atoms with Gasteiger partial charge in [-0.2, -0.15) is 4.31 Å². The second-order valence-electron chi connectivity index (χ2n) is 9.53. The lowest BCUT2D eigenvalue weighted by molar-refractivity contribution is 0.137. The molecule has 4 N–H and O–H groups in total. The number of carbonyl (C=O) groups excluding carboxylic acids is 2. The largest absolute Gasteiger partial charge is 0.497 e. The van der Waals surface area contributed by atoms with E-state index in [4.69, 9.17) is 15.2 Å². The number of ether oxygens (including phenoxy) is 2. The fraction of sp³-hybridized carbons (Fsp3) is 0.500. The molecule has 11 heteroatoms. The molecule has 0 saturated heterocycles. The Hall–Kier alpha value is -3.31. The molecule has 0 aliphatic rings. The Morgan fingerprint density at radius 1 is 1.03 bits per heavy atom. The average Bonchev–Trinajstić information content (AvgIpc) is 2.93. The van der Waals surface area contributed by atoms with Gasteiger partial charge in [0.2, 0.25) is 10.0 Å². The molecule has 39 heavy (non-hydrogen) atoms. The first-order chi connectivity index (χ1) is 18.6. The zero-order valence-corrected chi connectivity index (χ0v) is 24.1. The van der Waals surface area contributed by atoms with Crippen molar-refractivity contribution in [1.29, 1.82) is 0 Å². The molecule has 0 aliphatic heterocycles. The number of hydrogen-bond acceptors (Lipinski definition) is 6. The maximum Gasteiger partial charge on any atom is 0.407 e. The standard InChI is InChI=1S/C28H42N4O6S/c1-5-22(6-2)20-32(39(35,36)25-14-10-13-24(18-25)37-4)19-21(3)26(17-23-11-8-7-9-12-23)31-28(34)38-16-15-30-27(29)33/h7-14,18,21-22,26H,5-6,15-17,19-20H2,1-4H3,(H,31,34)(H3,29,30,33)/t21-,26?/m1/s1. The maximum absolute atomic E-state index is 13.8. The molecule has 2 aromatic rings. The Balaban J connectivity index is 2.30. The van der Waals surface area contributed by atoms with Crippen LogP contribution < -0.4 is 21.1 Å². The fourth-order valence-electron chi connectivity index (χ4n) is 4.24. The number of methoxy groups -OCH3 is 1. The van der Waals surface area contributed by atoms with E-state index in [1.807, 2.05) is 37.3 Å². The topological polar surface area (TPSA) is 140 Å². The predicted molar refractivity (Wildman–Crippen MR) is 151 cm³/mol. The number of alkyl carbamates (subject to hydrolysis) is 1. The zero-order chi connectivity index (χ0) is 28.8. The number of nitrogens with zero attached hydrogens (tertiary/aromatic N) is 1. The van der Waals surface area contributed by atoms with Crippen molar-refractivity contribution >= 4 is 22.1 Å². The van der Waals surface area contributed by atoms with Gasteiger partial charge < -0.3 is 25.8 Å². The predicted octanol–water partition coefficient (Wildman–Crippen LogP) is 3.76. The number of primary amides is 1. The minimum atomic E-state index is -3.85. The van der Waals surface area contributed by atoms with Crippen molar-refractivity contribution in [3.63, 3.8) is 0 Å². The fourth-order valence-corrected chi connectivity index (χ4v) is 5.89. The van der Waals surface area contributed by atoms with Crippen LogP contribution in [0.25, 0.3) is 0 Å². The first kappa shape index (κ1) is 31.9. The van der Waals surface area contributed by atoms with Gasteiger partial charge in [0.05, 0.1) is 18.6 Å². The van der Waals surface area contributed by atoms with Crippen LogP contribution >= 0.6 is 0 Å². The summed E-state index contributed by atoms with van der Waals surface area (Å²) in [5, 5.41) is 5.27. The van der Waals surface area contributed by atoms with Gasteiger partial charge in [0.25, 0.3) is 0 Å². The van der Waals surface area contributed by atoms with E-state index < -0.39 is 28.2 Å². The van der Waals surface area contributed by atoms with Crippen molar-refractivity contribution in [2.75, 3.05) is 33.4 Å². The molecule has 0 spiro atoms. The highest BCUT2D eigenvalue weighted by Gasteiger charge is 2.31. The number of urea groups is 1. The molecule has 216 valence electrons. The summed E-state index contributed by atoms with van der Waals surface area (Å²) in [7, 11) is -2.35. The maximum atomic E-state index is 13.8. The third kappa shape index (κ3) is 10.4. The normalized spacial score (nSPS) is 13.1. The van der Waals surface area contributed by atoms with E-state index in [2.05, 4.69) is 24.5 Å². The van der Waals surface area contributed by atoms with Gasteiger partial charge in [-0.1, -0.05) is 70.0 Å². The highest BCUT2D eigenvalue weighted by atomic mass is 32.2. The molecule has 0 heterocycles. The lowest BCUT2D eigenvalue weighted by Gasteiger charge is -2.32. The van der Waals surface area contributed by atoms with Crippen LogP contribution in [0.2, 0.25) is 0 Å². The summed E-state index contributed by atoms with van der Waals surface area (Å²) in [5.41, 5.74) is 6.04. The van der Waals surface area contributed by atoms with Crippen LogP contribution in [0.15, 0.2) is 59.5 Å². The summed E-state index contributed by atoms with van der Waals surface area (Å²) in [6, 6.07) is 15.0. The van der Waals surface area contributed by atoms with Crippen LogP contribution in [0.5, 0.6) is 5.75 Å². The summed E-state index contributed by atoms with van der Waals surface area (Å²) in [6.45, 7) is 6.61. The lowest BCUT2D eigenvalue weighted by Crippen LogP contribution is -2.47. The molecule has 0 fully saturated rings. The van der Waals surface area contributed by atoms with Gasteiger partial charge in [0.15, 0.2) is 0 Å². The number of nitrogens with one attached hydrogen (secondary N) is 2. The van der Waals surface area contributed by atoms with Crippen molar-refractivity contribution in [3.05, 3.63) is 60.2 Å². The molecule has 0 bridgehead atoms. The lowest BCUT2D eigenvalue weighted by atomic mass is 9.94. The van der Waals surface area contributed by atoms with Gasteiger partial charge in [-0.15, -0.1) is 0 Å². The number of benzene rings is 2. The monoisotopic (exact) mass is 562 g/mol. The molecule has 0 radical (unpaired) electrons. The number of hydrogen-bond donors (Lipinski definition) is 3. The van der Waals surface area contributed by atoms with Crippen LogP contribution in [-0.2, 0) is 21.2 Å². The number of amides is 3. The smallest absolute Gasteiger partial charge is 0.407 e. The van der Waals surface area contributed by atoms with Crippen LogP contribution in [0, 0.1) is 11.8 Å². The van der Waals surface area contributed by atoms with E-state index >= 15 is 0 Å². The van der Waals surface area contributed by atoms with Gasteiger partial charge in [0.1, 0.15) is 12.4 Å². The van der Waals surface area contributed by atoms with Gasteiger partial charge in [-0.05, 0) is 36.0 Å². The second-order valence-corrected chi connectivity index (χ2v) is 11.5. The number of sulfonamides is 1. The van der Waals surface area contributed by atoms with Crippen molar-refractivity contribution in [3.8, 4) is 5.75 Å². The van der Waals surface area contributed by atoms with Gasteiger partial charge in [0, 0.05) is 25.2 Å². The van der Waals surface area contributed by atoms with Crippen molar-refractivity contribution in [2.24, 2.45) is 17.6 Å². The number of nitrogens with two attached hydrogens (primary N) is 1. The molecule has 1 unspecified atom stereocenters. The van der Waals surface area contributed by atoms with Gasteiger partial charge >= 0.3 is 12.1 Å². The summed E-state index contributed by atoms with van der Waals surface area (Å²) in [4.78, 5) is 23.6. The quantitative estimate of drug-likeness (QED) is 0.266. The molecule has 3 amide bonds. The second kappa shape index (κ2) is 15.9. The average molecular weight is 563 g/mol. The molecule has 0 saturated carbocycles. The summed E-state index contributed by atoms with van der Waals surface area (Å²) in [6.07, 6.45) is 1.50. The summed E-state index contributed by atoms with van der Waals surface area (Å²) in [5.74, 6) is 0.376. The van der Waals surface area contributed by atoms with Crippen LogP contribution in [-0.4, -0.2) is 64.2 Å². The Labute approximate surface area is 232 Å². The third-order valence-electron chi connectivity index (χ3n) is 6.71. The molecule has 0 aromatic heterocycles. The van der Waals surface area contributed by atoms with Crippen LogP contribution in [0.3, 0.4) is 0 Å². The van der Waals surface area contributed by atoms with Crippen molar-refractivity contribution < 1.29 is 27.5 Å². The Morgan fingerprint density at radius 3 is 2.33 bits per heavy atom. The zero-order valence-electron chi connectivity index (χ0n) is 23.3. The van der Waals surface area contributed by atoms with Crippen molar-refractivity contribution in [1.82, 2.24) is 14.9 Å². The van der Waals surface area contributed by atoms with E-state index in [0.717, 1.165) is 18.4 Å². The molecule has 10 nitrogen and oxygen atoms in total. The highest BCUT2D eigenvalue weighted by molar-refractivity contribution is 7.89. The number of carbonyl (C=O) groups is 2. The SMILES string of the molecule is CCC(CC)CN(C[C@@H](C)C(Cc1ccccc1)NC(=O)OCCNC(N)=O)S(=O)(=O)c1cccc(OC)c1. The van der Waals surface area contributed by atoms with Crippen LogP contribution in [0.1, 0.15) is 39.2 Å². The molecule has 2 atom stereocenters. The van der Waals surface area contributed by atoms with Crippen LogP contribution in [0.4, 0.5) is 9.59 Å². The van der Waals surface area contributed by atoms with E-state index in [9.17, 15) is 18.0 Å². The Morgan fingerprint density at radius 2 is 1.72 bits per heavy atom. The third-order valence-corrected chi connectivity index (χ3v) is 8.54. The molecular weight excluding hydrogens is 520 g/mol. The Bertz CT molecular complexity index is 1140. The first-order valence-corrected chi connectivity index (χ1v) is 14.7. The highest BCUT2D eigenvalue weighted by Crippen LogP contribution is 2.25. The van der Waals surface area contributed by atoms with Gasteiger partial charge in [-0.3, -0.25) is 0 Å². The van der Waals surface area contributed by atoms with E-state index in [-0.39, 0.29) is 36.4 Å². The minimum absolute atomic E-state index is 0.0494. The van der Waals surface area contributed by atoms with E-state index in [1.54, 1.807) is 18.2 Å². The summed E-state index contributed by atoms with van der Waals surface area (Å²) < 4.78 is 39.7. The molecule has 2 rings (SSSR count). The van der Waals surface area contributed by atoms with Crippen molar-refractivity contribution in [2.45, 2.75) is 51.0 Å². The minimum Gasteiger partial charge on any atom is -0.497 e.